The Morgan fingerprint density at radius 3 is 2.89 bits per heavy atom. The van der Waals surface area contributed by atoms with Crippen molar-refractivity contribution in [3.05, 3.63) is 0 Å². The molecule has 0 spiro atoms. The summed E-state index contributed by atoms with van der Waals surface area (Å²) in [5, 5.41) is 7.40. The Labute approximate surface area is 54.4 Å². The first-order valence-corrected chi connectivity index (χ1v) is 3.04. The van der Waals surface area contributed by atoms with Crippen molar-refractivity contribution in [2.75, 3.05) is 0 Å². The lowest BCUT2D eigenvalue weighted by Gasteiger charge is -2.06. The predicted molar refractivity (Wildman–Crippen MR) is 36.8 cm³/mol. The highest BCUT2D eigenvalue weighted by Crippen LogP contribution is 1.99. The molecule has 0 fully saturated rings. The van der Waals surface area contributed by atoms with Gasteiger partial charge in [-0.25, -0.2) is 0 Å². The summed E-state index contributed by atoms with van der Waals surface area (Å²) in [6.07, 6.45) is 2.70. The van der Waals surface area contributed by atoms with Gasteiger partial charge in [0.2, 0.25) is 5.90 Å². The van der Waals surface area contributed by atoms with E-state index in [9.17, 15) is 0 Å². The molecule has 1 aliphatic rings. The van der Waals surface area contributed by atoms with Gasteiger partial charge in [0.25, 0.3) is 0 Å². The molecule has 50 valence electrons. The van der Waals surface area contributed by atoms with Crippen LogP contribution in [-0.4, -0.2) is 18.2 Å². The molecule has 0 aliphatic carbocycles. The standard InChI is InChI=1S/C6H10N2O/c1-5(2)9-6-3-4-7-8-6/h4-5H,3H2,1-2H3. The van der Waals surface area contributed by atoms with Crippen LogP contribution in [0.3, 0.4) is 0 Å². The third-order valence-electron chi connectivity index (χ3n) is 0.889. The van der Waals surface area contributed by atoms with Crippen molar-refractivity contribution in [2.24, 2.45) is 10.2 Å². The Balaban J connectivity index is 2.30. The molecule has 0 unspecified atom stereocenters. The highest BCUT2D eigenvalue weighted by atomic mass is 16.5. The molecular weight excluding hydrogens is 116 g/mol. The van der Waals surface area contributed by atoms with Crippen LogP contribution in [0.2, 0.25) is 0 Å². The molecule has 0 saturated carbocycles. The molecule has 0 saturated heterocycles. The first-order valence-electron chi connectivity index (χ1n) is 3.04. The zero-order valence-corrected chi connectivity index (χ0v) is 5.66. The fourth-order valence-corrected chi connectivity index (χ4v) is 0.609. The second-order valence-electron chi connectivity index (χ2n) is 2.16. The van der Waals surface area contributed by atoms with Crippen molar-refractivity contribution < 1.29 is 4.74 Å². The maximum absolute atomic E-state index is 5.24. The van der Waals surface area contributed by atoms with Gasteiger partial charge < -0.3 is 4.74 Å². The molecule has 3 nitrogen and oxygen atoms in total. The predicted octanol–water partition coefficient (Wildman–Crippen LogP) is 1.20. The normalized spacial score (nSPS) is 16.6. The number of hydrogen-bond acceptors (Lipinski definition) is 3. The van der Waals surface area contributed by atoms with Gasteiger partial charge in [0.05, 0.1) is 12.5 Å². The summed E-state index contributed by atoms with van der Waals surface area (Å²) in [4.78, 5) is 0. The van der Waals surface area contributed by atoms with E-state index in [1.54, 1.807) is 6.21 Å². The Bertz CT molecular complexity index is 149. The average Bonchev–Trinajstić information content (AvgIpc) is 2.15. The fourth-order valence-electron chi connectivity index (χ4n) is 0.609. The van der Waals surface area contributed by atoms with E-state index < -0.39 is 0 Å². The SMILES string of the molecule is CC(C)OC1=NN=CC1. The van der Waals surface area contributed by atoms with Crippen LogP contribution in [0.25, 0.3) is 0 Å². The summed E-state index contributed by atoms with van der Waals surface area (Å²) >= 11 is 0. The van der Waals surface area contributed by atoms with Crippen LogP contribution in [0.4, 0.5) is 0 Å². The van der Waals surface area contributed by atoms with Gasteiger partial charge in [-0.15, -0.1) is 5.10 Å². The smallest absolute Gasteiger partial charge is 0.214 e. The van der Waals surface area contributed by atoms with Crippen molar-refractivity contribution in [2.45, 2.75) is 26.4 Å². The van der Waals surface area contributed by atoms with E-state index in [1.807, 2.05) is 13.8 Å². The number of ether oxygens (including phenoxy) is 1. The van der Waals surface area contributed by atoms with E-state index >= 15 is 0 Å². The lowest BCUT2D eigenvalue weighted by atomic mass is 10.4. The van der Waals surface area contributed by atoms with Crippen LogP contribution in [0.15, 0.2) is 10.2 Å². The Kier molecular flexibility index (Phi) is 1.82. The van der Waals surface area contributed by atoms with Crippen molar-refractivity contribution in [3.63, 3.8) is 0 Å². The van der Waals surface area contributed by atoms with Crippen molar-refractivity contribution >= 4 is 12.1 Å². The molecule has 3 heteroatoms. The summed E-state index contributed by atoms with van der Waals surface area (Å²) < 4.78 is 5.24. The third-order valence-corrected chi connectivity index (χ3v) is 0.889. The van der Waals surface area contributed by atoms with E-state index in [0.29, 0.717) is 0 Å². The van der Waals surface area contributed by atoms with Crippen molar-refractivity contribution in [1.29, 1.82) is 0 Å². The van der Waals surface area contributed by atoms with Gasteiger partial charge in [-0.1, -0.05) is 0 Å². The van der Waals surface area contributed by atoms with Gasteiger partial charge in [0.15, 0.2) is 0 Å². The van der Waals surface area contributed by atoms with Gasteiger partial charge in [-0.2, -0.15) is 5.10 Å². The maximum Gasteiger partial charge on any atom is 0.214 e. The second kappa shape index (κ2) is 2.62. The monoisotopic (exact) mass is 126 g/mol. The van der Waals surface area contributed by atoms with Crippen molar-refractivity contribution in [3.8, 4) is 0 Å². The summed E-state index contributed by atoms with van der Waals surface area (Å²) in [7, 11) is 0. The first kappa shape index (κ1) is 6.26. The van der Waals surface area contributed by atoms with Crippen LogP contribution in [0, 0.1) is 0 Å². The molecular formula is C6H10N2O. The van der Waals surface area contributed by atoms with Crippen LogP contribution in [0.1, 0.15) is 20.3 Å². The second-order valence-corrected chi connectivity index (χ2v) is 2.16. The average molecular weight is 126 g/mol. The van der Waals surface area contributed by atoms with Crippen LogP contribution in [-0.2, 0) is 4.74 Å². The Hall–Kier alpha value is -0.860. The molecule has 0 N–H and O–H groups in total. The largest absolute Gasteiger partial charge is 0.477 e. The molecule has 0 atom stereocenters. The molecule has 1 heterocycles. The molecule has 9 heavy (non-hydrogen) atoms. The minimum atomic E-state index is 0.213. The Morgan fingerprint density at radius 2 is 2.44 bits per heavy atom. The van der Waals surface area contributed by atoms with Crippen molar-refractivity contribution in [1.82, 2.24) is 0 Å². The highest BCUT2D eigenvalue weighted by Gasteiger charge is 2.04. The molecule has 1 rings (SSSR count). The van der Waals surface area contributed by atoms with E-state index in [4.69, 9.17) is 4.74 Å². The van der Waals surface area contributed by atoms with Crippen LogP contribution < -0.4 is 0 Å². The lowest BCUT2D eigenvalue weighted by Crippen LogP contribution is -2.09. The number of rotatable bonds is 1. The number of nitrogens with zero attached hydrogens (tertiary/aromatic N) is 2. The van der Waals surface area contributed by atoms with Crippen LogP contribution in [0.5, 0.6) is 0 Å². The fraction of sp³-hybridized carbons (Fsp3) is 0.667. The third kappa shape index (κ3) is 1.83. The summed E-state index contributed by atoms with van der Waals surface area (Å²) in [5.74, 6) is 0.727. The molecule has 1 aliphatic heterocycles. The summed E-state index contributed by atoms with van der Waals surface area (Å²) in [5.41, 5.74) is 0. The van der Waals surface area contributed by atoms with Crippen LogP contribution >= 0.6 is 0 Å². The minimum absolute atomic E-state index is 0.213. The van der Waals surface area contributed by atoms with E-state index in [2.05, 4.69) is 10.2 Å². The van der Waals surface area contributed by atoms with Gasteiger partial charge in [0.1, 0.15) is 0 Å². The van der Waals surface area contributed by atoms with Gasteiger partial charge in [0, 0.05) is 6.21 Å². The molecule has 0 amide bonds. The van der Waals surface area contributed by atoms with Gasteiger partial charge >= 0.3 is 0 Å². The molecule has 0 radical (unpaired) electrons. The maximum atomic E-state index is 5.24. The zero-order chi connectivity index (χ0) is 6.69. The quantitative estimate of drug-likeness (QED) is 0.519. The zero-order valence-electron chi connectivity index (χ0n) is 5.66. The van der Waals surface area contributed by atoms with E-state index in [-0.39, 0.29) is 6.10 Å². The topological polar surface area (TPSA) is 34.0 Å². The van der Waals surface area contributed by atoms with E-state index in [1.165, 1.54) is 0 Å². The molecule has 0 aromatic heterocycles. The van der Waals surface area contributed by atoms with E-state index in [0.717, 1.165) is 12.3 Å². The first-order chi connectivity index (χ1) is 4.29. The summed E-state index contributed by atoms with van der Waals surface area (Å²) in [6, 6.07) is 0. The number of hydrogen-bond donors (Lipinski definition) is 0. The lowest BCUT2D eigenvalue weighted by molar-refractivity contribution is 0.225. The molecule has 0 aromatic rings. The molecule has 0 bridgehead atoms. The summed E-state index contributed by atoms with van der Waals surface area (Å²) in [6.45, 7) is 3.95. The van der Waals surface area contributed by atoms with Gasteiger partial charge in [-0.05, 0) is 13.8 Å². The minimum Gasteiger partial charge on any atom is -0.477 e. The Morgan fingerprint density at radius 1 is 1.67 bits per heavy atom. The molecule has 0 aromatic carbocycles. The highest BCUT2D eigenvalue weighted by molar-refractivity contribution is 5.92. The van der Waals surface area contributed by atoms with Gasteiger partial charge in [-0.3, -0.25) is 0 Å².